The molecule has 0 aliphatic carbocycles. The molecule has 1 fully saturated rings. The molecule has 1 aliphatic heterocycles. The summed E-state index contributed by atoms with van der Waals surface area (Å²) in [5, 5.41) is 17.6. The van der Waals surface area contributed by atoms with Gasteiger partial charge in [-0.2, -0.15) is 9.57 Å². The number of amides is 1. The highest BCUT2D eigenvalue weighted by atomic mass is 32.2. The van der Waals surface area contributed by atoms with Crippen molar-refractivity contribution in [3.63, 3.8) is 0 Å². The minimum atomic E-state index is -3.80. The van der Waals surface area contributed by atoms with E-state index in [9.17, 15) is 18.5 Å². The second-order valence-electron chi connectivity index (χ2n) is 7.93. The summed E-state index contributed by atoms with van der Waals surface area (Å²) in [6, 6.07) is 14.0. The van der Waals surface area contributed by atoms with E-state index in [1.165, 1.54) is 16.4 Å². The smallest absolute Gasteiger partial charge is 0.277 e. The van der Waals surface area contributed by atoms with Gasteiger partial charge in [0, 0.05) is 31.7 Å². The predicted molar refractivity (Wildman–Crippen MR) is 126 cm³/mol. The maximum Gasteiger partial charge on any atom is 0.277 e. The van der Waals surface area contributed by atoms with Crippen LogP contribution in [-0.4, -0.2) is 65.7 Å². The number of carbonyl (C=O) groups excluding carboxylic acids is 1. The number of thioether (sulfide) groups is 1. The van der Waals surface area contributed by atoms with E-state index in [1.54, 1.807) is 17.0 Å². The third-order valence-corrected chi connectivity index (χ3v) is 8.17. The third-order valence-electron chi connectivity index (χ3n) is 5.41. The minimum Gasteiger partial charge on any atom is -0.411 e. The normalized spacial score (nSPS) is 14.7. The van der Waals surface area contributed by atoms with Crippen molar-refractivity contribution in [1.29, 1.82) is 5.26 Å². The Hall–Kier alpha value is -3.20. The molecule has 0 atom stereocenters. The van der Waals surface area contributed by atoms with Gasteiger partial charge in [-0.15, -0.1) is 10.2 Å². The number of hydrogen-bond acceptors (Lipinski definition) is 8. The van der Waals surface area contributed by atoms with Crippen LogP contribution in [-0.2, 0) is 14.8 Å². The summed E-state index contributed by atoms with van der Waals surface area (Å²) in [5.74, 6) is 0.377. The lowest BCUT2D eigenvalue weighted by Crippen LogP contribution is -2.51. The molecule has 0 N–H and O–H groups in total. The number of hydrogen-bond donors (Lipinski definition) is 0. The highest BCUT2D eigenvalue weighted by Crippen LogP contribution is 2.26. The molecule has 0 unspecified atom stereocenters. The number of aromatic nitrogens is 2. The van der Waals surface area contributed by atoms with Gasteiger partial charge in [-0.05, 0) is 38.1 Å². The van der Waals surface area contributed by atoms with E-state index >= 15 is 0 Å². The standard InChI is InChI=1S/C23H23N5O4S2/c1-16-11-17(2)13-19(12-16)22-25-26-23(32-22)33-15-21(29)27-7-9-28(10-8-27)34(30,31)20-6-4-3-5-18(20)14-24/h3-6,11-13H,7-10,15H2,1-2H3. The van der Waals surface area contributed by atoms with Crippen molar-refractivity contribution < 1.29 is 17.6 Å². The number of rotatable bonds is 6. The molecule has 1 amide bonds. The van der Waals surface area contributed by atoms with Crippen molar-refractivity contribution >= 4 is 27.7 Å². The molecule has 0 bridgehead atoms. The Bertz CT molecular complexity index is 1340. The molecule has 0 radical (unpaired) electrons. The van der Waals surface area contributed by atoms with E-state index in [1.807, 2.05) is 32.0 Å². The van der Waals surface area contributed by atoms with Crippen LogP contribution >= 0.6 is 11.8 Å². The summed E-state index contributed by atoms with van der Waals surface area (Å²) in [4.78, 5) is 14.3. The molecule has 2 aromatic carbocycles. The zero-order valence-corrected chi connectivity index (χ0v) is 20.4. The summed E-state index contributed by atoms with van der Waals surface area (Å²) in [7, 11) is -3.80. The van der Waals surface area contributed by atoms with Gasteiger partial charge in [-0.1, -0.05) is 41.1 Å². The zero-order chi connectivity index (χ0) is 24.3. The summed E-state index contributed by atoms with van der Waals surface area (Å²) < 4.78 is 32.9. The van der Waals surface area contributed by atoms with Gasteiger partial charge in [-0.25, -0.2) is 8.42 Å². The molecule has 4 rings (SSSR count). The molecule has 176 valence electrons. The Morgan fingerprint density at radius 2 is 1.76 bits per heavy atom. The van der Waals surface area contributed by atoms with Crippen LogP contribution in [0.15, 0.2) is 57.0 Å². The molecular formula is C23H23N5O4S2. The minimum absolute atomic E-state index is 0.0103. The molecule has 11 heteroatoms. The highest BCUT2D eigenvalue weighted by molar-refractivity contribution is 7.99. The lowest BCUT2D eigenvalue weighted by atomic mass is 10.1. The van der Waals surface area contributed by atoms with Crippen molar-refractivity contribution in [3.05, 3.63) is 59.2 Å². The van der Waals surface area contributed by atoms with Gasteiger partial charge in [0.05, 0.1) is 16.2 Å². The second-order valence-corrected chi connectivity index (χ2v) is 10.8. The first-order chi connectivity index (χ1) is 16.3. The van der Waals surface area contributed by atoms with Gasteiger partial charge in [0.2, 0.25) is 21.8 Å². The fraction of sp³-hybridized carbons (Fsp3) is 0.304. The average Bonchev–Trinajstić information content (AvgIpc) is 3.31. The number of aryl methyl sites for hydroxylation is 2. The fourth-order valence-electron chi connectivity index (χ4n) is 3.80. The molecule has 2 heterocycles. The average molecular weight is 498 g/mol. The van der Waals surface area contributed by atoms with Crippen LogP contribution in [0.4, 0.5) is 0 Å². The SMILES string of the molecule is Cc1cc(C)cc(-c2nnc(SCC(=O)N3CCN(S(=O)(=O)c4ccccc4C#N)CC3)o2)c1. The molecule has 34 heavy (non-hydrogen) atoms. The van der Waals surface area contributed by atoms with E-state index in [0.717, 1.165) is 28.5 Å². The van der Waals surface area contributed by atoms with Crippen LogP contribution < -0.4 is 0 Å². The monoisotopic (exact) mass is 497 g/mol. The first-order valence-corrected chi connectivity index (χ1v) is 13.0. The summed E-state index contributed by atoms with van der Waals surface area (Å²) in [5.41, 5.74) is 3.13. The number of sulfonamides is 1. The molecular weight excluding hydrogens is 474 g/mol. The van der Waals surface area contributed by atoms with Crippen LogP contribution in [0.3, 0.4) is 0 Å². The number of carbonyl (C=O) groups is 1. The Morgan fingerprint density at radius 3 is 2.44 bits per heavy atom. The summed E-state index contributed by atoms with van der Waals surface area (Å²) in [6.07, 6.45) is 0. The van der Waals surface area contributed by atoms with Crippen LogP contribution in [0.5, 0.6) is 0 Å². The van der Waals surface area contributed by atoms with Crippen molar-refractivity contribution in [2.75, 3.05) is 31.9 Å². The first-order valence-electron chi connectivity index (χ1n) is 10.6. The van der Waals surface area contributed by atoms with E-state index in [-0.39, 0.29) is 48.3 Å². The lowest BCUT2D eigenvalue weighted by Gasteiger charge is -2.34. The maximum atomic E-state index is 13.0. The van der Waals surface area contributed by atoms with Crippen LogP contribution in [0.25, 0.3) is 11.5 Å². The van der Waals surface area contributed by atoms with Gasteiger partial charge in [-0.3, -0.25) is 4.79 Å². The molecule has 9 nitrogen and oxygen atoms in total. The van der Waals surface area contributed by atoms with Crippen LogP contribution in [0.1, 0.15) is 16.7 Å². The molecule has 0 spiro atoms. The second kappa shape index (κ2) is 9.97. The molecule has 0 saturated carbocycles. The van der Waals surface area contributed by atoms with Gasteiger partial charge < -0.3 is 9.32 Å². The van der Waals surface area contributed by atoms with Gasteiger partial charge in [0.1, 0.15) is 6.07 Å². The van der Waals surface area contributed by atoms with Gasteiger partial charge in [0.15, 0.2) is 0 Å². The molecule has 1 aliphatic rings. The number of nitriles is 1. The number of benzene rings is 2. The zero-order valence-electron chi connectivity index (χ0n) is 18.8. The Labute approximate surface area is 202 Å². The molecule has 3 aromatic rings. The highest BCUT2D eigenvalue weighted by Gasteiger charge is 2.31. The van der Waals surface area contributed by atoms with Crippen molar-refractivity contribution in [2.24, 2.45) is 0 Å². The predicted octanol–water partition coefficient (Wildman–Crippen LogP) is 2.85. The van der Waals surface area contributed by atoms with E-state index < -0.39 is 10.0 Å². The van der Waals surface area contributed by atoms with E-state index in [2.05, 4.69) is 16.3 Å². The van der Waals surface area contributed by atoms with Crippen molar-refractivity contribution in [2.45, 2.75) is 24.0 Å². The van der Waals surface area contributed by atoms with Crippen LogP contribution in [0.2, 0.25) is 0 Å². The maximum absolute atomic E-state index is 13.0. The summed E-state index contributed by atoms with van der Waals surface area (Å²) in [6.45, 7) is 4.85. The van der Waals surface area contributed by atoms with E-state index in [4.69, 9.17) is 4.42 Å². The quantitative estimate of drug-likeness (QED) is 0.477. The number of piperazine rings is 1. The molecule has 1 aromatic heterocycles. The summed E-state index contributed by atoms with van der Waals surface area (Å²) >= 11 is 1.15. The topological polar surface area (TPSA) is 120 Å². The first kappa shape index (κ1) is 23.9. The Balaban J connectivity index is 1.33. The number of nitrogens with zero attached hydrogens (tertiary/aromatic N) is 5. The largest absolute Gasteiger partial charge is 0.411 e. The molecule has 1 saturated heterocycles. The van der Waals surface area contributed by atoms with Crippen molar-refractivity contribution in [3.8, 4) is 17.5 Å². The van der Waals surface area contributed by atoms with Gasteiger partial charge >= 0.3 is 0 Å². The van der Waals surface area contributed by atoms with E-state index in [0.29, 0.717) is 11.1 Å². The fourth-order valence-corrected chi connectivity index (χ4v) is 6.03. The Kier molecular flexibility index (Phi) is 7.02. The Morgan fingerprint density at radius 1 is 1.09 bits per heavy atom. The van der Waals surface area contributed by atoms with Crippen molar-refractivity contribution in [1.82, 2.24) is 19.4 Å². The van der Waals surface area contributed by atoms with Gasteiger partial charge in [0.25, 0.3) is 5.22 Å². The lowest BCUT2D eigenvalue weighted by molar-refractivity contribution is -0.129. The third kappa shape index (κ3) is 5.14. The van der Waals surface area contributed by atoms with Crippen LogP contribution in [0, 0.1) is 25.2 Å².